The number of nitrogens with one attached hydrogen (secondary N) is 1. The number of hydrogen-bond donors (Lipinski definition) is 1. The highest BCUT2D eigenvalue weighted by molar-refractivity contribution is 5.79. The van der Waals surface area contributed by atoms with Crippen molar-refractivity contribution < 1.29 is 9.59 Å². The molecule has 0 saturated carbocycles. The van der Waals surface area contributed by atoms with Crippen LogP contribution in [0.25, 0.3) is 0 Å². The van der Waals surface area contributed by atoms with E-state index in [1.54, 1.807) is 6.92 Å². The third-order valence-electron chi connectivity index (χ3n) is 5.44. The summed E-state index contributed by atoms with van der Waals surface area (Å²) in [5.41, 5.74) is -0.832. The second kappa shape index (κ2) is 8.63. The van der Waals surface area contributed by atoms with Crippen LogP contribution >= 0.6 is 0 Å². The summed E-state index contributed by atoms with van der Waals surface area (Å²) in [5.74, 6) is 0.166. The SMILES string of the molecule is CC(C)[C@@](C)(C#N)NC(=O)CN1CCN(CC(=O)N2CCCC2)CC1. The minimum Gasteiger partial charge on any atom is -0.342 e. The van der Waals surface area contributed by atoms with Crippen molar-refractivity contribution in [2.45, 2.75) is 39.2 Å². The molecule has 2 rings (SSSR count). The van der Waals surface area contributed by atoms with Gasteiger partial charge in [-0.3, -0.25) is 19.4 Å². The molecule has 0 aromatic rings. The predicted octanol–water partition coefficient (Wildman–Crippen LogP) is 0.281. The van der Waals surface area contributed by atoms with Gasteiger partial charge >= 0.3 is 0 Å². The molecule has 2 aliphatic rings. The lowest BCUT2D eigenvalue weighted by Gasteiger charge is -2.35. The van der Waals surface area contributed by atoms with Crippen molar-refractivity contribution in [1.29, 1.82) is 5.26 Å². The number of amides is 2. The summed E-state index contributed by atoms with van der Waals surface area (Å²) in [6, 6.07) is 2.20. The fourth-order valence-corrected chi connectivity index (χ4v) is 3.20. The molecule has 0 aromatic carbocycles. The van der Waals surface area contributed by atoms with E-state index in [1.165, 1.54) is 0 Å². The Bertz CT molecular complexity index is 516. The molecular formula is C18H31N5O2. The Labute approximate surface area is 150 Å². The van der Waals surface area contributed by atoms with Crippen molar-refractivity contribution in [1.82, 2.24) is 20.0 Å². The number of carbonyl (C=O) groups excluding carboxylic acids is 2. The lowest BCUT2D eigenvalue weighted by molar-refractivity contribution is -0.132. The monoisotopic (exact) mass is 349 g/mol. The van der Waals surface area contributed by atoms with Gasteiger partial charge in [-0.1, -0.05) is 13.8 Å². The summed E-state index contributed by atoms with van der Waals surface area (Å²) < 4.78 is 0. The molecule has 1 N–H and O–H groups in total. The summed E-state index contributed by atoms with van der Waals surface area (Å²) in [4.78, 5) is 30.7. The molecule has 0 aromatic heterocycles. The molecule has 140 valence electrons. The van der Waals surface area contributed by atoms with E-state index in [0.717, 1.165) is 52.1 Å². The number of nitriles is 1. The molecule has 2 fully saturated rings. The Morgan fingerprint density at radius 2 is 1.56 bits per heavy atom. The molecule has 0 spiro atoms. The first-order valence-electron chi connectivity index (χ1n) is 9.29. The number of hydrogen-bond acceptors (Lipinski definition) is 5. The molecular weight excluding hydrogens is 318 g/mol. The van der Waals surface area contributed by atoms with Crippen LogP contribution in [0.1, 0.15) is 33.6 Å². The van der Waals surface area contributed by atoms with E-state index in [2.05, 4.69) is 21.2 Å². The summed E-state index contributed by atoms with van der Waals surface area (Å²) in [5, 5.41) is 12.2. The van der Waals surface area contributed by atoms with Gasteiger partial charge in [-0.2, -0.15) is 5.26 Å². The van der Waals surface area contributed by atoms with Crippen LogP contribution in [0.5, 0.6) is 0 Å². The van der Waals surface area contributed by atoms with Crippen LogP contribution in [0.15, 0.2) is 0 Å². The van der Waals surface area contributed by atoms with Gasteiger partial charge in [-0.05, 0) is 25.7 Å². The Morgan fingerprint density at radius 3 is 2.04 bits per heavy atom. The molecule has 0 aliphatic carbocycles. The molecule has 0 radical (unpaired) electrons. The first-order valence-corrected chi connectivity index (χ1v) is 9.29. The number of carbonyl (C=O) groups is 2. The van der Waals surface area contributed by atoms with E-state index in [1.807, 2.05) is 18.7 Å². The van der Waals surface area contributed by atoms with Crippen molar-refractivity contribution in [2.24, 2.45) is 5.92 Å². The average molecular weight is 349 g/mol. The van der Waals surface area contributed by atoms with E-state index >= 15 is 0 Å². The van der Waals surface area contributed by atoms with Crippen LogP contribution in [0.2, 0.25) is 0 Å². The number of piperazine rings is 1. The van der Waals surface area contributed by atoms with E-state index in [0.29, 0.717) is 13.1 Å². The van der Waals surface area contributed by atoms with Gasteiger partial charge in [0.2, 0.25) is 11.8 Å². The molecule has 25 heavy (non-hydrogen) atoms. The quantitative estimate of drug-likeness (QED) is 0.745. The molecule has 2 saturated heterocycles. The predicted molar refractivity (Wildman–Crippen MR) is 95.7 cm³/mol. The molecule has 0 bridgehead atoms. The van der Waals surface area contributed by atoms with Crippen LogP contribution in [-0.2, 0) is 9.59 Å². The number of likely N-dealkylation sites (tertiary alicyclic amines) is 1. The highest BCUT2D eigenvalue weighted by Crippen LogP contribution is 2.15. The van der Waals surface area contributed by atoms with Crippen LogP contribution < -0.4 is 5.32 Å². The lowest BCUT2D eigenvalue weighted by Crippen LogP contribution is -2.55. The van der Waals surface area contributed by atoms with E-state index < -0.39 is 5.54 Å². The van der Waals surface area contributed by atoms with Crippen LogP contribution in [0.4, 0.5) is 0 Å². The maximum absolute atomic E-state index is 12.2. The summed E-state index contributed by atoms with van der Waals surface area (Å²) in [6.45, 7) is 11.3. The van der Waals surface area contributed by atoms with Crippen molar-refractivity contribution in [3.8, 4) is 6.07 Å². The van der Waals surface area contributed by atoms with Gasteiger partial charge in [0.1, 0.15) is 5.54 Å². The van der Waals surface area contributed by atoms with Gasteiger partial charge in [0, 0.05) is 39.3 Å². The maximum atomic E-state index is 12.2. The topological polar surface area (TPSA) is 79.7 Å². The number of rotatable bonds is 6. The zero-order valence-corrected chi connectivity index (χ0v) is 15.8. The van der Waals surface area contributed by atoms with E-state index in [4.69, 9.17) is 0 Å². The molecule has 2 heterocycles. The van der Waals surface area contributed by atoms with Crippen LogP contribution in [0, 0.1) is 17.2 Å². The van der Waals surface area contributed by atoms with Crippen molar-refractivity contribution in [2.75, 3.05) is 52.4 Å². The molecule has 0 unspecified atom stereocenters. The van der Waals surface area contributed by atoms with Crippen molar-refractivity contribution in [3.05, 3.63) is 0 Å². The zero-order chi connectivity index (χ0) is 18.4. The lowest BCUT2D eigenvalue weighted by atomic mass is 9.90. The molecule has 2 aliphatic heterocycles. The van der Waals surface area contributed by atoms with E-state index in [-0.39, 0.29) is 17.7 Å². The smallest absolute Gasteiger partial charge is 0.236 e. The molecule has 2 amide bonds. The third kappa shape index (κ3) is 5.41. The van der Waals surface area contributed by atoms with E-state index in [9.17, 15) is 14.9 Å². The standard InChI is InChI=1S/C18H31N5O2/c1-15(2)18(3,14-19)20-16(24)12-21-8-10-22(11-9-21)13-17(25)23-6-4-5-7-23/h15H,4-13H2,1-3H3,(H,20,24)/t18-/m1/s1. The first-order chi connectivity index (χ1) is 11.8. The van der Waals surface area contributed by atoms with Gasteiger partial charge in [0.25, 0.3) is 0 Å². The van der Waals surface area contributed by atoms with Gasteiger partial charge in [0.05, 0.1) is 19.2 Å². The fourth-order valence-electron chi connectivity index (χ4n) is 3.20. The highest BCUT2D eigenvalue weighted by Gasteiger charge is 2.31. The second-order valence-corrected chi connectivity index (χ2v) is 7.66. The summed E-state index contributed by atoms with van der Waals surface area (Å²) in [7, 11) is 0. The highest BCUT2D eigenvalue weighted by atomic mass is 16.2. The Hall–Kier alpha value is -1.65. The van der Waals surface area contributed by atoms with Gasteiger partial charge in [-0.15, -0.1) is 0 Å². The third-order valence-corrected chi connectivity index (χ3v) is 5.44. The zero-order valence-electron chi connectivity index (χ0n) is 15.8. The largest absolute Gasteiger partial charge is 0.342 e. The Morgan fingerprint density at radius 1 is 1.04 bits per heavy atom. The second-order valence-electron chi connectivity index (χ2n) is 7.66. The minimum absolute atomic E-state index is 0.0508. The average Bonchev–Trinajstić information content (AvgIpc) is 3.11. The van der Waals surface area contributed by atoms with Gasteiger partial charge < -0.3 is 10.2 Å². The van der Waals surface area contributed by atoms with Gasteiger partial charge in [-0.25, -0.2) is 0 Å². The van der Waals surface area contributed by atoms with Crippen LogP contribution in [0.3, 0.4) is 0 Å². The summed E-state index contributed by atoms with van der Waals surface area (Å²) >= 11 is 0. The van der Waals surface area contributed by atoms with Crippen LogP contribution in [-0.4, -0.2) is 84.4 Å². The fraction of sp³-hybridized carbons (Fsp3) is 0.833. The molecule has 1 atom stereocenters. The Kier molecular flexibility index (Phi) is 6.79. The Balaban J connectivity index is 1.72. The molecule has 7 heteroatoms. The minimum atomic E-state index is -0.832. The normalized spacial score (nSPS) is 21.8. The van der Waals surface area contributed by atoms with Crippen molar-refractivity contribution >= 4 is 11.8 Å². The van der Waals surface area contributed by atoms with Crippen molar-refractivity contribution in [3.63, 3.8) is 0 Å². The molecule has 7 nitrogen and oxygen atoms in total. The maximum Gasteiger partial charge on any atom is 0.236 e. The summed E-state index contributed by atoms with van der Waals surface area (Å²) in [6.07, 6.45) is 2.24. The first kappa shape index (κ1) is 19.7. The number of nitrogens with zero attached hydrogens (tertiary/aromatic N) is 4. The van der Waals surface area contributed by atoms with Gasteiger partial charge in [0.15, 0.2) is 0 Å².